The highest BCUT2D eigenvalue weighted by Crippen LogP contribution is 2.34. The highest BCUT2D eigenvalue weighted by Gasteiger charge is 2.20. The molecule has 102 valence electrons. The van der Waals surface area contributed by atoms with Crippen molar-refractivity contribution in [2.24, 2.45) is 0 Å². The minimum Gasteiger partial charge on any atom is -0.309 e. The molecule has 0 saturated carbocycles. The number of nitrogens with one attached hydrogen (secondary N) is 1. The Morgan fingerprint density at radius 1 is 1.11 bits per heavy atom. The van der Waals surface area contributed by atoms with Crippen molar-refractivity contribution >= 4 is 11.3 Å². The van der Waals surface area contributed by atoms with Crippen molar-refractivity contribution in [3.63, 3.8) is 0 Å². The fraction of sp³-hybridized carbons (Fsp3) is 0.412. The lowest BCUT2D eigenvalue weighted by atomic mass is 9.95. The highest BCUT2D eigenvalue weighted by molar-refractivity contribution is 7.12. The van der Waals surface area contributed by atoms with Gasteiger partial charge in [0.05, 0.1) is 6.04 Å². The Morgan fingerprint density at radius 3 is 2.37 bits per heavy atom. The van der Waals surface area contributed by atoms with E-state index in [2.05, 4.69) is 69.4 Å². The van der Waals surface area contributed by atoms with Crippen LogP contribution in [0.1, 0.15) is 47.7 Å². The largest absolute Gasteiger partial charge is 0.309 e. The Hall–Kier alpha value is -1.12. The number of aryl methyl sites for hydroxylation is 1. The summed E-state index contributed by atoms with van der Waals surface area (Å²) >= 11 is 1.91. The summed E-state index contributed by atoms with van der Waals surface area (Å²) in [6, 6.07) is 13.6. The van der Waals surface area contributed by atoms with Gasteiger partial charge in [-0.25, -0.2) is 0 Å². The normalized spacial score (nSPS) is 13.5. The third kappa shape index (κ3) is 3.26. The Labute approximate surface area is 120 Å². The van der Waals surface area contributed by atoms with Crippen LogP contribution in [0.15, 0.2) is 36.4 Å². The van der Waals surface area contributed by atoms with Crippen LogP contribution in [0.4, 0.5) is 0 Å². The molecule has 0 bridgehead atoms. The molecule has 1 unspecified atom stereocenters. The molecule has 0 aliphatic carbocycles. The number of thiophene rings is 1. The second-order valence-corrected chi connectivity index (χ2v) is 7.20. The van der Waals surface area contributed by atoms with Gasteiger partial charge in [-0.05, 0) is 37.1 Å². The molecule has 0 radical (unpaired) electrons. The molecular formula is C17H23NS. The monoisotopic (exact) mass is 273 g/mol. The average Bonchev–Trinajstić information content (AvgIpc) is 2.79. The zero-order valence-electron chi connectivity index (χ0n) is 12.4. The molecule has 1 N–H and O–H groups in total. The van der Waals surface area contributed by atoms with Gasteiger partial charge in [-0.15, -0.1) is 11.3 Å². The van der Waals surface area contributed by atoms with Gasteiger partial charge < -0.3 is 5.32 Å². The van der Waals surface area contributed by atoms with E-state index in [4.69, 9.17) is 0 Å². The Kier molecular flexibility index (Phi) is 4.12. The maximum Gasteiger partial charge on any atom is 0.0668 e. The van der Waals surface area contributed by atoms with Crippen molar-refractivity contribution in [3.05, 3.63) is 57.3 Å². The second-order valence-electron chi connectivity index (χ2n) is 6.09. The fourth-order valence-electron chi connectivity index (χ4n) is 2.23. The second kappa shape index (κ2) is 5.48. The van der Waals surface area contributed by atoms with E-state index in [0.29, 0.717) is 6.04 Å². The summed E-state index contributed by atoms with van der Waals surface area (Å²) in [5, 5.41) is 3.44. The van der Waals surface area contributed by atoms with E-state index in [9.17, 15) is 0 Å². The van der Waals surface area contributed by atoms with Crippen LogP contribution < -0.4 is 5.32 Å². The topological polar surface area (TPSA) is 12.0 Å². The van der Waals surface area contributed by atoms with Crippen molar-refractivity contribution in [1.29, 1.82) is 0 Å². The smallest absolute Gasteiger partial charge is 0.0668 e. The maximum absolute atomic E-state index is 3.44. The summed E-state index contributed by atoms with van der Waals surface area (Å²) in [5.74, 6) is 0. The van der Waals surface area contributed by atoms with E-state index in [1.807, 2.05) is 18.4 Å². The van der Waals surface area contributed by atoms with E-state index in [0.717, 1.165) is 0 Å². The lowest BCUT2D eigenvalue weighted by Gasteiger charge is -2.18. The van der Waals surface area contributed by atoms with Gasteiger partial charge in [0.25, 0.3) is 0 Å². The molecule has 2 rings (SSSR count). The predicted octanol–water partition coefficient (Wildman–Crippen LogP) is 4.66. The molecule has 0 spiro atoms. The van der Waals surface area contributed by atoms with Gasteiger partial charge in [-0.3, -0.25) is 0 Å². The number of benzene rings is 1. The van der Waals surface area contributed by atoms with Crippen molar-refractivity contribution in [2.75, 3.05) is 7.05 Å². The molecule has 1 aromatic heterocycles. The number of hydrogen-bond donors (Lipinski definition) is 1. The van der Waals surface area contributed by atoms with E-state index in [-0.39, 0.29) is 5.41 Å². The predicted molar refractivity (Wildman–Crippen MR) is 85.1 cm³/mol. The van der Waals surface area contributed by atoms with Crippen LogP contribution in [0, 0.1) is 6.92 Å². The first kappa shape index (κ1) is 14.3. The first-order chi connectivity index (χ1) is 8.91. The van der Waals surface area contributed by atoms with Gasteiger partial charge in [-0.1, -0.05) is 50.6 Å². The van der Waals surface area contributed by atoms with Gasteiger partial charge in [0.2, 0.25) is 0 Å². The van der Waals surface area contributed by atoms with E-state index >= 15 is 0 Å². The molecule has 0 aliphatic heterocycles. The van der Waals surface area contributed by atoms with Gasteiger partial charge in [0.1, 0.15) is 0 Å². The molecule has 2 heteroatoms. The summed E-state index contributed by atoms with van der Waals surface area (Å²) in [6.45, 7) is 8.95. The summed E-state index contributed by atoms with van der Waals surface area (Å²) in [5.41, 5.74) is 2.88. The van der Waals surface area contributed by atoms with Gasteiger partial charge in [0.15, 0.2) is 0 Å². The SMILES string of the molecule is CNC(c1cccc(C)c1)c1ccc(C(C)(C)C)s1. The molecule has 0 amide bonds. The molecule has 0 fully saturated rings. The molecule has 1 aromatic carbocycles. The summed E-state index contributed by atoms with van der Waals surface area (Å²) in [7, 11) is 2.03. The van der Waals surface area contributed by atoms with Crippen LogP contribution in [0.5, 0.6) is 0 Å². The first-order valence-corrected chi connectivity index (χ1v) is 7.57. The Morgan fingerprint density at radius 2 is 1.84 bits per heavy atom. The quantitative estimate of drug-likeness (QED) is 0.857. The van der Waals surface area contributed by atoms with Crippen molar-refractivity contribution in [1.82, 2.24) is 5.32 Å². The van der Waals surface area contributed by atoms with Crippen LogP contribution in [0.2, 0.25) is 0 Å². The van der Waals surface area contributed by atoms with Crippen LogP contribution in [-0.4, -0.2) is 7.05 Å². The molecule has 1 heterocycles. The van der Waals surface area contributed by atoms with E-state index in [1.165, 1.54) is 20.9 Å². The lowest BCUT2D eigenvalue weighted by molar-refractivity contribution is 0.604. The molecule has 0 aliphatic rings. The minimum absolute atomic E-state index is 0.230. The molecule has 1 nitrogen and oxygen atoms in total. The van der Waals surface area contributed by atoms with Crippen molar-refractivity contribution in [2.45, 2.75) is 39.2 Å². The summed E-state index contributed by atoms with van der Waals surface area (Å²) in [6.07, 6.45) is 0. The van der Waals surface area contributed by atoms with Crippen molar-refractivity contribution in [3.8, 4) is 0 Å². The Bertz CT molecular complexity index is 548. The van der Waals surface area contributed by atoms with E-state index < -0.39 is 0 Å². The van der Waals surface area contributed by atoms with Crippen LogP contribution in [0.3, 0.4) is 0 Å². The maximum atomic E-state index is 3.44. The lowest BCUT2D eigenvalue weighted by Crippen LogP contribution is -2.16. The van der Waals surface area contributed by atoms with Crippen molar-refractivity contribution < 1.29 is 0 Å². The minimum atomic E-state index is 0.230. The molecule has 19 heavy (non-hydrogen) atoms. The highest BCUT2D eigenvalue weighted by atomic mass is 32.1. The third-order valence-electron chi connectivity index (χ3n) is 3.31. The van der Waals surface area contributed by atoms with Crippen LogP contribution in [-0.2, 0) is 5.41 Å². The molecule has 1 atom stereocenters. The van der Waals surface area contributed by atoms with Gasteiger partial charge in [-0.2, -0.15) is 0 Å². The van der Waals surface area contributed by atoms with Crippen LogP contribution in [0.25, 0.3) is 0 Å². The zero-order valence-corrected chi connectivity index (χ0v) is 13.3. The van der Waals surface area contributed by atoms with Crippen LogP contribution >= 0.6 is 11.3 Å². The average molecular weight is 273 g/mol. The summed E-state index contributed by atoms with van der Waals surface area (Å²) in [4.78, 5) is 2.83. The standard InChI is InChI=1S/C17H23NS/c1-12-7-6-8-13(11-12)16(18-5)14-9-10-15(19-14)17(2,3)4/h6-11,16,18H,1-5H3. The molecular weight excluding hydrogens is 250 g/mol. The zero-order chi connectivity index (χ0) is 14.0. The third-order valence-corrected chi connectivity index (χ3v) is 4.89. The fourth-order valence-corrected chi connectivity index (χ4v) is 3.44. The number of hydrogen-bond acceptors (Lipinski definition) is 2. The van der Waals surface area contributed by atoms with Gasteiger partial charge >= 0.3 is 0 Å². The molecule has 0 saturated heterocycles. The summed E-state index contributed by atoms with van der Waals surface area (Å²) < 4.78 is 0. The molecule has 2 aromatic rings. The van der Waals surface area contributed by atoms with E-state index in [1.54, 1.807) is 0 Å². The first-order valence-electron chi connectivity index (χ1n) is 6.76. The van der Waals surface area contributed by atoms with Gasteiger partial charge in [0, 0.05) is 9.75 Å². The number of rotatable bonds is 3. The Balaban J connectivity index is 2.35.